The normalized spacial score (nSPS) is 20.9. The molecule has 0 aliphatic carbocycles. The maximum absolute atomic E-state index is 5.17. The monoisotopic (exact) mass is 248 g/mol. The summed E-state index contributed by atoms with van der Waals surface area (Å²) >= 11 is 0. The molecule has 1 aliphatic heterocycles. The molecule has 1 saturated heterocycles. The quantitative estimate of drug-likeness (QED) is 0.865. The first-order valence-electron chi connectivity index (χ1n) is 6.90. The molecule has 0 spiro atoms. The molecule has 3 heteroatoms. The van der Waals surface area contributed by atoms with Gasteiger partial charge in [-0.2, -0.15) is 0 Å². The molecule has 100 valence electrons. The van der Waals surface area contributed by atoms with Gasteiger partial charge in [0.2, 0.25) is 0 Å². The lowest BCUT2D eigenvalue weighted by Crippen LogP contribution is -2.45. The number of nitrogens with zero attached hydrogens (tertiary/aromatic N) is 1. The summed E-state index contributed by atoms with van der Waals surface area (Å²) in [6.07, 6.45) is 2.61. The molecular formula is C15H24N2O. The number of likely N-dealkylation sites (tertiary alicyclic amines) is 1. The number of rotatable bonds is 5. The van der Waals surface area contributed by atoms with Gasteiger partial charge in [0.05, 0.1) is 7.11 Å². The summed E-state index contributed by atoms with van der Waals surface area (Å²) in [5.74, 6) is 0.925. The molecule has 1 aliphatic rings. The molecule has 0 amide bonds. The fourth-order valence-corrected chi connectivity index (χ4v) is 2.51. The molecule has 1 atom stereocenters. The zero-order valence-electron chi connectivity index (χ0n) is 11.5. The molecule has 0 aromatic heterocycles. The van der Waals surface area contributed by atoms with Crippen LogP contribution in [0.25, 0.3) is 0 Å². The molecule has 18 heavy (non-hydrogen) atoms. The molecule has 1 heterocycles. The summed E-state index contributed by atoms with van der Waals surface area (Å²) in [4.78, 5) is 2.52. The summed E-state index contributed by atoms with van der Waals surface area (Å²) in [5, 5.41) is 3.66. The highest BCUT2D eigenvalue weighted by atomic mass is 16.5. The minimum atomic E-state index is 0.640. The zero-order valence-corrected chi connectivity index (χ0v) is 11.5. The van der Waals surface area contributed by atoms with Crippen molar-refractivity contribution in [1.29, 1.82) is 0 Å². The first-order valence-corrected chi connectivity index (χ1v) is 6.90. The number of ether oxygens (including phenoxy) is 1. The third-order valence-electron chi connectivity index (χ3n) is 3.71. The van der Waals surface area contributed by atoms with Gasteiger partial charge in [-0.3, -0.25) is 0 Å². The lowest BCUT2D eigenvalue weighted by molar-refractivity contribution is 0.198. The molecule has 1 fully saturated rings. The van der Waals surface area contributed by atoms with Crippen LogP contribution >= 0.6 is 0 Å². The molecule has 3 nitrogen and oxygen atoms in total. The van der Waals surface area contributed by atoms with Crippen molar-refractivity contribution in [2.24, 2.45) is 0 Å². The van der Waals surface area contributed by atoms with E-state index in [1.807, 2.05) is 12.1 Å². The van der Waals surface area contributed by atoms with Crippen molar-refractivity contribution in [2.75, 3.05) is 26.7 Å². The van der Waals surface area contributed by atoms with Crippen LogP contribution in [0.15, 0.2) is 24.3 Å². The number of piperidine rings is 1. The van der Waals surface area contributed by atoms with Crippen molar-refractivity contribution in [2.45, 2.75) is 32.4 Å². The molecule has 0 radical (unpaired) electrons. The Balaban J connectivity index is 1.79. The lowest BCUT2D eigenvalue weighted by Gasteiger charge is -2.32. The number of benzene rings is 1. The van der Waals surface area contributed by atoms with Gasteiger partial charge in [0.15, 0.2) is 0 Å². The Labute approximate surface area is 110 Å². The SMILES string of the molecule is CCN1CCCC(NCc2ccc(OC)cc2)C1. The second-order valence-corrected chi connectivity index (χ2v) is 4.96. The van der Waals surface area contributed by atoms with E-state index in [1.54, 1.807) is 7.11 Å². The molecular weight excluding hydrogens is 224 g/mol. The van der Waals surface area contributed by atoms with Crippen LogP contribution < -0.4 is 10.1 Å². The van der Waals surface area contributed by atoms with Gasteiger partial charge in [-0.25, -0.2) is 0 Å². The van der Waals surface area contributed by atoms with Crippen LogP contribution in [-0.4, -0.2) is 37.7 Å². The number of likely N-dealkylation sites (N-methyl/N-ethyl adjacent to an activating group) is 1. The predicted molar refractivity (Wildman–Crippen MR) is 75.0 cm³/mol. The van der Waals surface area contributed by atoms with E-state index in [4.69, 9.17) is 4.74 Å². The van der Waals surface area contributed by atoms with Crippen LogP contribution in [0.5, 0.6) is 5.75 Å². The largest absolute Gasteiger partial charge is 0.497 e. The minimum Gasteiger partial charge on any atom is -0.497 e. The molecule has 1 N–H and O–H groups in total. The first-order chi connectivity index (χ1) is 8.81. The van der Waals surface area contributed by atoms with Gasteiger partial charge in [0.1, 0.15) is 5.75 Å². The Kier molecular flexibility index (Phi) is 5.02. The van der Waals surface area contributed by atoms with Crippen molar-refractivity contribution >= 4 is 0 Å². The number of hydrogen-bond donors (Lipinski definition) is 1. The van der Waals surface area contributed by atoms with Crippen LogP contribution in [0.1, 0.15) is 25.3 Å². The van der Waals surface area contributed by atoms with Crippen LogP contribution in [0.3, 0.4) is 0 Å². The van der Waals surface area contributed by atoms with Crippen molar-refractivity contribution in [3.8, 4) is 5.75 Å². The highest BCUT2D eigenvalue weighted by molar-refractivity contribution is 5.27. The van der Waals surface area contributed by atoms with Crippen LogP contribution in [-0.2, 0) is 6.54 Å². The molecule has 1 aromatic rings. The van der Waals surface area contributed by atoms with Crippen molar-refractivity contribution in [3.63, 3.8) is 0 Å². The molecule has 0 bridgehead atoms. The average molecular weight is 248 g/mol. The fourth-order valence-electron chi connectivity index (χ4n) is 2.51. The second kappa shape index (κ2) is 6.76. The van der Waals surface area contributed by atoms with E-state index in [0.29, 0.717) is 6.04 Å². The molecule has 0 saturated carbocycles. The highest BCUT2D eigenvalue weighted by Crippen LogP contribution is 2.13. The second-order valence-electron chi connectivity index (χ2n) is 4.96. The summed E-state index contributed by atoms with van der Waals surface area (Å²) in [6, 6.07) is 8.95. The molecule has 1 aromatic carbocycles. The van der Waals surface area contributed by atoms with E-state index < -0.39 is 0 Å². The number of methoxy groups -OCH3 is 1. The molecule has 2 rings (SSSR count). The zero-order chi connectivity index (χ0) is 12.8. The smallest absolute Gasteiger partial charge is 0.118 e. The summed E-state index contributed by atoms with van der Waals surface area (Å²) in [6.45, 7) is 6.81. The lowest BCUT2D eigenvalue weighted by atomic mass is 10.1. The van der Waals surface area contributed by atoms with Gasteiger partial charge in [0, 0.05) is 19.1 Å². The van der Waals surface area contributed by atoms with E-state index >= 15 is 0 Å². The van der Waals surface area contributed by atoms with E-state index in [1.165, 1.54) is 38.0 Å². The molecule has 1 unspecified atom stereocenters. The van der Waals surface area contributed by atoms with E-state index in [9.17, 15) is 0 Å². The number of hydrogen-bond acceptors (Lipinski definition) is 3. The van der Waals surface area contributed by atoms with Crippen LogP contribution in [0, 0.1) is 0 Å². The third kappa shape index (κ3) is 3.72. The van der Waals surface area contributed by atoms with Gasteiger partial charge in [-0.05, 0) is 43.6 Å². The van der Waals surface area contributed by atoms with Gasteiger partial charge in [-0.15, -0.1) is 0 Å². The number of nitrogens with one attached hydrogen (secondary N) is 1. The standard InChI is InChI=1S/C15H24N2O/c1-3-17-10-4-5-14(12-17)16-11-13-6-8-15(18-2)9-7-13/h6-9,14,16H,3-5,10-12H2,1-2H3. The third-order valence-corrected chi connectivity index (χ3v) is 3.71. The Morgan fingerprint density at radius 3 is 2.78 bits per heavy atom. The van der Waals surface area contributed by atoms with E-state index in [2.05, 4.69) is 29.3 Å². The maximum Gasteiger partial charge on any atom is 0.118 e. The first kappa shape index (κ1) is 13.4. The van der Waals surface area contributed by atoms with Gasteiger partial charge in [-0.1, -0.05) is 19.1 Å². The van der Waals surface area contributed by atoms with Gasteiger partial charge >= 0.3 is 0 Å². The highest BCUT2D eigenvalue weighted by Gasteiger charge is 2.17. The van der Waals surface area contributed by atoms with Crippen molar-refractivity contribution in [1.82, 2.24) is 10.2 Å². The van der Waals surface area contributed by atoms with Crippen molar-refractivity contribution in [3.05, 3.63) is 29.8 Å². The topological polar surface area (TPSA) is 24.5 Å². The Morgan fingerprint density at radius 1 is 1.33 bits per heavy atom. The summed E-state index contributed by atoms with van der Waals surface area (Å²) < 4.78 is 5.17. The van der Waals surface area contributed by atoms with Crippen molar-refractivity contribution < 1.29 is 4.74 Å². The fraction of sp³-hybridized carbons (Fsp3) is 0.600. The van der Waals surface area contributed by atoms with Crippen LogP contribution in [0.4, 0.5) is 0 Å². The summed E-state index contributed by atoms with van der Waals surface area (Å²) in [7, 11) is 1.70. The maximum atomic E-state index is 5.17. The van der Waals surface area contributed by atoms with Crippen LogP contribution in [0.2, 0.25) is 0 Å². The average Bonchev–Trinajstić information content (AvgIpc) is 2.46. The Morgan fingerprint density at radius 2 is 2.11 bits per heavy atom. The van der Waals surface area contributed by atoms with E-state index in [0.717, 1.165) is 12.3 Å². The van der Waals surface area contributed by atoms with Gasteiger partial charge in [0.25, 0.3) is 0 Å². The Hall–Kier alpha value is -1.06. The summed E-state index contributed by atoms with van der Waals surface area (Å²) in [5.41, 5.74) is 1.32. The predicted octanol–water partition coefficient (Wildman–Crippen LogP) is 2.27. The van der Waals surface area contributed by atoms with Gasteiger partial charge < -0.3 is 15.0 Å². The Bertz CT molecular complexity index is 350. The minimum absolute atomic E-state index is 0.640. The van der Waals surface area contributed by atoms with E-state index in [-0.39, 0.29) is 0 Å².